The molecular formula is C11H19N3OS. The number of nitrogens with zero attached hydrogens (tertiary/aromatic N) is 2. The van der Waals surface area contributed by atoms with Gasteiger partial charge in [0.05, 0.1) is 11.4 Å². The quantitative estimate of drug-likeness (QED) is 0.841. The number of aromatic nitrogens is 2. The van der Waals surface area contributed by atoms with Gasteiger partial charge in [-0.15, -0.1) is 0 Å². The molecule has 4 nitrogen and oxygen atoms in total. The van der Waals surface area contributed by atoms with Crippen LogP contribution in [0, 0.1) is 6.92 Å². The molecule has 0 spiro atoms. The Balaban J connectivity index is 2.62. The first-order chi connectivity index (χ1) is 7.50. The van der Waals surface area contributed by atoms with E-state index in [-0.39, 0.29) is 12.1 Å². The van der Waals surface area contributed by atoms with Gasteiger partial charge in [-0.05, 0) is 20.8 Å². The van der Waals surface area contributed by atoms with E-state index >= 15 is 0 Å². The molecule has 3 unspecified atom stereocenters. The molecule has 1 aromatic heterocycles. The molecular weight excluding hydrogens is 222 g/mol. The second kappa shape index (κ2) is 6.06. The first-order valence-electron chi connectivity index (χ1n) is 5.34. The van der Waals surface area contributed by atoms with Crippen molar-refractivity contribution in [2.75, 3.05) is 12.0 Å². The van der Waals surface area contributed by atoms with E-state index in [9.17, 15) is 4.21 Å². The Bertz CT molecular complexity index is 370. The summed E-state index contributed by atoms with van der Waals surface area (Å²) in [6.07, 6.45) is 5.11. The van der Waals surface area contributed by atoms with Crippen LogP contribution in [0.5, 0.6) is 0 Å². The lowest BCUT2D eigenvalue weighted by molar-refractivity contribution is 0.495. The highest BCUT2D eigenvalue weighted by atomic mass is 32.2. The highest BCUT2D eigenvalue weighted by molar-refractivity contribution is 7.84. The van der Waals surface area contributed by atoms with Crippen LogP contribution in [0.1, 0.15) is 31.3 Å². The van der Waals surface area contributed by atoms with Gasteiger partial charge in [0.1, 0.15) is 0 Å². The zero-order chi connectivity index (χ0) is 12.1. The van der Waals surface area contributed by atoms with Gasteiger partial charge in [0.25, 0.3) is 0 Å². The molecule has 1 heterocycles. The van der Waals surface area contributed by atoms with E-state index in [4.69, 9.17) is 0 Å². The smallest absolute Gasteiger partial charge is 0.0782 e. The van der Waals surface area contributed by atoms with E-state index < -0.39 is 10.8 Å². The average Bonchev–Trinajstić information content (AvgIpc) is 2.16. The van der Waals surface area contributed by atoms with Gasteiger partial charge in [-0.3, -0.25) is 14.2 Å². The van der Waals surface area contributed by atoms with Crippen molar-refractivity contribution in [3.05, 3.63) is 23.8 Å². The van der Waals surface area contributed by atoms with Crippen LogP contribution < -0.4 is 5.32 Å². The van der Waals surface area contributed by atoms with Crippen LogP contribution in [0.15, 0.2) is 12.4 Å². The van der Waals surface area contributed by atoms with Gasteiger partial charge < -0.3 is 5.32 Å². The monoisotopic (exact) mass is 241 g/mol. The molecule has 0 saturated heterocycles. The summed E-state index contributed by atoms with van der Waals surface area (Å²) in [5.74, 6) is 0.656. The van der Waals surface area contributed by atoms with Gasteiger partial charge >= 0.3 is 0 Å². The predicted octanol–water partition coefficient (Wildman–Crippen LogP) is 1.20. The number of nitrogens with one attached hydrogen (secondary N) is 1. The standard InChI is InChI=1S/C11H19N3OS/c1-8(7-16(4)15)14-10(3)11-9(2)12-5-6-13-11/h5-6,8,10,14H,7H2,1-4H3. The SMILES string of the molecule is Cc1nccnc1C(C)NC(C)CS(C)=O. The van der Waals surface area contributed by atoms with Crippen LogP contribution >= 0.6 is 0 Å². The number of rotatable bonds is 5. The lowest BCUT2D eigenvalue weighted by Gasteiger charge is -2.19. The van der Waals surface area contributed by atoms with Crippen LogP contribution in [-0.4, -0.2) is 32.2 Å². The van der Waals surface area contributed by atoms with Gasteiger partial charge in [-0.2, -0.15) is 0 Å². The fourth-order valence-corrected chi connectivity index (χ4v) is 2.55. The molecule has 1 N–H and O–H groups in total. The van der Waals surface area contributed by atoms with Gasteiger partial charge in [0.15, 0.2) is 0 Å². The van der Waals surface area contributed by atoms with Crippen molar-refractivity contribution in [1.29, 1.82) is 0 Å². The van der Waals surface area contributed by atoms with E-state index in [0.717, 1.165) is 11.4 Å². The van der Waals surface area contributed by atoms with Crippen molar-refractivity contribution >= 4 is 10.8 Å². The summed E-state index contributed by atoms with van der Waals surface area (Å²) in [5.41, 5.74) is 1.89. The lowest BCUT2D eigenvalue weighted by atomic mass is 10.1. The van der Waals surface area contributed by atoms with E-state index in [1.165, 1.54) is 0 Å². The highest BCUT2D eigenvalue weighted by Gasteiger charge is 2.13. The molecule has 0 aliphatic heterocycles. The van der Waals surface area contributed by atoms with E-state index in [0.29, 0.717) is 5.75 Å². The van der Waals surface area contributed by atoms with E-state index in [2.05, 4.69) is 15.3 Å². The number of hydrogen-bond donors (Lipinski definition) is 1. The second-order valence-corrected chi connectivity index (χ2v) is 5.54. The largest absolute Gasteiger partial charge is 0.305 e. The van der Waals surface area contributed by atoms with E-state index in [1.807, 2.05) is 20.8 Å². The lowest BCUT2D eigenvalue weighted by Crippen LogP contribution is -2.33. The third-order valence-corrected chi connectivity index (χ3v) is 3.32. The Morgan fingerprint density at radius 1 is 1.38 bits per heavy atom. The predicted molar refractivity (Wildman–Crippen MR) is 66.7 cm³/mol. The Morgan fingerprint density at radius 2 is 2.00 bits per heavy atom. The van der Waals surface area contributed by atoms with Gasteiger partial charge in [0.2, 0.25) is 0 Å². The molecule has 1 rings (SSSR count). The molecule has 3 atom stereocenters. The Kier molecular flexibility index (Phi) is 5.02. The summed E-state index contributed by atoms with van der Waals surface area (Å²) >= 11 is 0. The maximum Gasteiger partial charge on any atom is 0.0782 e. The van der Waals surface area contributed by atoms with Crippen molar-refractivity contribution in [2.24, 2.45) is 0 Å². The molecule has 0 bridgehead atoms. The molecule has 0 amide bonds. The molecule has 0 aromatic carbocycles. The average molecular weight is 241 g/mol. The Labute approximate surface area is 99.3 Å². The van der Waals surface area contributed by atoms with Crippen molar-refractivity contribution < 1.29 is 4.21 Å². The van der Waals surface area contributed by atoms with Crippen molar-refractivity contribution in [1.82, 2.24) is 15.3 Å². The molecule has 0 aliphatic rings. The minimum Gasteiger partial charge on any atom is -0.305 e. The van der Waals surface area contributed by atoms with Crippen LogP contribution in [0.3, 0.4) is 0 Å². The van der Waals surface area contributed by atoms with Crippen LogP contribution in [0.25, 0.3) is 0 Å². The summed E-state index contributed by atoms with van der Waals surface area (Å²) in [7, 11) is -0.772. The first-order valence-corrected chi connectivity index (χ1v) is 7.07. The van der Waals surface area contributed by atoms with Crippen LogP contribution in [0.2, 0.25) is 0 Å². The molecule has 0 radical (unpaired) electrons. The third kappa shape index (κ3) is 3.98. The van der Waals surface area contributed by atoms with Crippen molar-refractivity contribution in [2.45, 2.75) is 32.9 Å². The van der Waals surface area contributed by atoms with Gasteiger partial charge in [0, 0.05) is 47.3 Å². The van der Waals surface area contributed by atoms with Crippen molar-refractivity contribution in [3.8, 4) is 0 Å². The summed E-state index contributed by atoms with van der Waals surface area (Å²) < 4.78 is 11.1. The van der Waals surface area contributed by atoms with Gasteiger partial charge in [-0.25, -0.2) is 0 Å². The fourth-order valence-electron chi connectivity index (χ4n) is 1.75. The minimum absolute atomic E-state index is 0.132. The molecule has 0 saturated carbocycles. The topological polar surface area (TPSA) is 54.9 Å². The fraction of sp³-hybridized carbons (Fsp3) is 0.636. The molecule has 1 aromatic rings. The molecule has 90 valence electrons. The summed E-state index contributed by atoms with van der Waals surface area (Å²) in [5, 5.41) is 3.37. The maximum atomic E-state index is 11.1. The zero-order valence-electron chi connectivity index (χ0n) is 10.2. The molecule has 5 heteroatoms. The Hall–Kier alpha value is -0.810. The minimum atomic E-state index is -0.772. The van der Waals surface area contributed by atoms with Gasteiger partial charge in [-0.1, -0.05) is 0 Å². The molecule has 0 fully saturated rings. The third-order valence-electron chi connectivity index (χ3n) is 2.35. The molecule has 16 heavy (non-hydrogen) atoms. The van der Waals surface area contributed by atoms with E-state index in [1.54, 1.807) is 18.6 Å². The second-order valence-electron chi connectivity index (χ2n) is 4.06. The zero-order valence-corrected chi connectivity index (χ0v) is 11.0. The summed E-state index contributed by atoms with van der Waals surface area (Å²) in [6, 6.07) is 0.342. The highest BCUT2D eigenvalue weighted by Crippen LogP contribution is 2.12. The normalized spacial score (nSPS) is 16.8. The first kappa shape index (κ1) is 13.3. The molecule has 0 aliphatic carbocycles. The van der Waals surface area contributed by atoms with Crippen LogP contribution in [-0.2, 0) is 10.8 Å². The summed E-state index contributed by atoms with van der Waals surface area (Å²) in [6.45, 7) is 6.03. The van der Waals surface area contributed by atoms with Crippen LogP contribution in [0.4, 0.5) is 0 Å². The summed E-state index contributed by atoms with van der Waals surface area (Å²) in [4.78, 5) is 8.52. The number of aryl methyl sites for hydroxylation is 1. The maximum absolute atomic E-state index is 11.1. The number of hydrogen-bond acceptors (Lipinski definition) is 4. The van der Waals surface area contributed by atoms with Crippen molar-refractivity contribution in [3.63, 3.8) is 0 Å². The Morgan fingerprint density at radius 3 is 2.56 bits per heavy atom.